The first kappa shape index (κ1) is 20.2. The monoisotopic (exact) mass is 412 g/mol. The number of carbonyl (C=O) groups excluding carboxylic acids is 1. The summed E-state index contributed by atoms with van der Waals surface area (Å²) in [6.45, 7) is 3.11. The van der Waals surface area contributed by atoms with Crippen molar-refractivity contribution in [2.24, 2.45) is 0 Å². The molecule has 0 spiro atoms. The number of nitrogens with zero attached hydrogens (tertiary/aromatic N) is 3. The summed E-state index contributed by atoms with van der Waals surface area (Å²) >= 11 is 0. The Balaban J connectivity index is 1.43. The third-order valence-electron chi connectivity index (χ3n) is 5.39. The summed E-state index contributed by atoms with van der Waals surface area (Å²) in [6, 6.07) is 11.7. The highest BCUT2D eigenvalue weighted by Gasteiger charge is 2.31. The number of aromatic nitrogens is 2. The Hall–Kier alpha value is -3.13. The van der Waals surface area contributed by atoms with E-state index in [2.05, 4.69) is 15.5 Å². The number of carbonyl (C=O) groups is 1. The fraction of sp³-hybridized carbons (Fsp3) is 0.318. The van der Waals surface area contributed by atoms with Gasteiger partial charge in [0.2, 0.25) is 17.6 Å². The Labute approximate surface area is 172 Å². The Morgan fingerprint density at radius 2 is 2.07 bits per heavy atom. The first-order valence-electron chi connectivity index (χ1n) is 9.90. The second kappa shape index (κ2) is 8.71. The van der Waals surface area contributed by atoms with Crippen molar-refractivity contribution in [2.75, 3.05) is 18.4 Å². The highest BCUT2D eigenvalue weighted by atomic mass is 19.1. The number of rotatable bonds is 5. The molecule has 1 fully saturated rings. The van der Waals surface area contributed by atoms with Crippen molar-refractivity contribution in [2.45, 2.75) is 31.7 Å². The van der Waals surface area contributed by atoms with Crippen LogP contribution < -0.4 is 5.32 Å². The van der Waals surface area contributed by atoms with E-state index in [1.807, 2.05) is 4.90 Å². The van der Waals surface area contributed by atoms with E-state index in [0.29, 0.717) is 23.8 Å². The number of halogens is 2. The molecular formula is C22H22F2N4O2. The quantitative estimate of drug-likeness (QED) is 0.679. The lowest BCUT2D eigenvalue weighted by Crippen LogP contribution is -2.46. The Morgan fingerprint density at radius 1 is 1.23 bits per heavy atom. The first-order chi connectivity index (χ1) is 14.5. The maximum absolute atomic E-state index is 13.8. The van der Waals surface area contributed by atoms with Crippen LogP contribution in [0, 0.1) is 11.6 Å². The van der Waals surface area contributed by atoms with Gasteiger partial charge in [-0.3, -0.25) is 9.69 Å². The molecule has 2 unspecified atom stereocenters. The van der Waals surface area contributed by atoms with Crippen LogP contribution in [0.4, 0.5) is 14.5 Å². The number of piperidine rings is 1. The fourth-order valence-corrected chi connectivity index (χ4v) is 3.67. The lowest BCUT2D eigenvalue weighted by Gasteiger charge is -2.34. The number of hydrogen-bond acceptors (Lipinski definition) is 5. The molecule has 0 saturated carbocycles. The average Bonchev–Trinajstić information content (AvgIpc) is 3.25. The molecule has 1 aliphatic rings. The van der Waals surface area contributed by atoms with Gasteiger partial charge in [0.15, 0.2) is 0 Å². The van der Waals surface area contributed by atoms with Crippen LogP contribution in [-0.2, 0) is 4.79 Å². The van der Waals surface area contributed by atoms with Crippen molar-refractivity contribution in [3.63, 3.8) is 0 Å². The van der Waals surface area contributed by atoms with E-state index in [4.69, 9.17) is 4.52 Å². The standard InChI is InChI=1S/C22H22F2N4O2/c1-14(21(29)25-19-10-3-2-9-18(19)24)28-11-5-7-16(13-28)22-26-20(27-30-22)15-6-4-8-17(23)12-15/h2-4,6,8-10,12,14,16H,5,7,11,13H2,1H3,(H,25,29). The van der Waals surface area contributed by atoms with Gasteiger partial charge in [-0.15, -0.1) is 0 Å². The van der Waals surface area contributed by atoms with Gasteiger partial charge in [0, 0.05) is 12.1 Å². The molecule has 4 rings (SSSR count). The summed E-state index contributed by atoms with van der Waals surface area (Å²) < 4.78 is 32.7. The Bertz CT molecular complexity index is 1040. The predicted molar refractivity (Wildman–Crippen MR) is 108 cm³/mol. The van der Waals surface area contributed by atoms with Gasteiger partial charge in [0.25, 0.3) is 0 Å². The number of para-hydroxylation sites is 1. The molecular weight excluding hydrogens is 390 g/mol. The number of hydrogen-bond donors (Lipinski definition) is 1. The van der Waals surface area contributed by atoms with Crippen molar-refractivity contribution < 1.29 is 18.1 Å². The van der Waals surface area contributed by atoms with E-state index in [1.165, 1.54) is 24.3 Å². The first-order valence-corrected chi connectivity index (χ1v) is 9.90. The summed E-state index contributed by atoms with van der Waals surface area (Å²) in [7, 11) is 0. The third-order valence-corrected chi connectivity index (χ3v) is 5.39. The van der Waals surface area contributed by atoms with Crippen molar-refractivity contribution in [1.29, 1.82) is 0 Å². The maximum atomic E-state index is 13.8. The largest absolute Gasteiger partial charge is 0.339 e. The number of nitrogens with one attached hydrogen (secondary N) is 1. The Kier molecular flexibility index (Phi) is 5.85. The maximum Gasteiger partial charge on any atom is 0.241 e. The smallest absolute Gasteiger partial charge is 0.241 e. The summed E-state index contributed by atoms with van der Waals surface area (Å²) in [6.07, 6.45) is 1.71. The van der Waals surface area contributed by atoms with Crippen LogP contribution in [0.15, 0.2) is 53.1 Å². The summed E-state index contributed by atoms with van der Waals surface area (Å²) in [4.78, 5) is 19.1. The molecule has 1 saturated heterocycles. The molecule has 0 bridgehead atoms. The molecule has 1 amide bonds. The van der Waals surface area contributed by atoms with Crippen LogP contribution >= 0.6 is 0 Å². The molecule has 1 aliphatic heterocycles. The van der Waals surface area contributed by atoms with Crippen LogP contribution in [-0.4, -0.2) is 40.1 Å². The van der Waals surface area contributed by atoms with Crippen molar-refractivity contribution >= 4 is 11.6 Å². The molecule has 0 radical (unpaired) electrons. The zero-order valence-electron chi connectivity index (χ0n) is 16.5. The topological polar surface area (TPSA) is 71.3 Å². The van der Waals surface area contributed by atoms with E-state index in [-0.39, 0.29) is 23.3 Å². The van der Waals surface area contributed by atoms with Crippen LogP contribution in [0.5, 0.6) is 0 Å². The van der Waals surface area contributed by atoms with Gasteiger partial charge in [-0.25, -0.2) is 8.78 Å². The van der Waals surface area contributed by atoms with Crippen LogP contribution in [0.25, 0.3) is 11.4 Å². The highest BCUT2D eigenvalue weighted by molar-refractivity contribution is 5.94. The molecule has 2 atom stereocenters. The summed E-state index contributed by atoms with van der Waals surface area (Å²) in [5.74, 6) is -0.320. The molecule has 0 aliphatic carbocycles. The molecule has 1 aromatic heterocycles. The van der Waals surface area contributed by atoms with E-state index >= 15 is 0 Å². The van der Waals surface area contributed by atoms with Crippen molar-refractivity contribution in [3.8, 4) is 11.4 Å². The van der Waals surface area contributed by atoms with E-state index < -0.39 is 11.9 Å². The van der Waals surface area contributed by atoms with Gasteiger partial charge in [-0.1, -0.05) is 29.4 Å². The zero-order chi connectivity index (χ0) is 21.1. The van der Waals surface area contributed by atoms with Crippen LogP contribution in [0.2, 0.25) is 0 Å². The molecule has 8 heteroatoms. The lowest BCUT2D eigenvalue weighted by molar-refractivity contribution is -0.121. The average molecular weight is 412 g/mol. The number of likely N-dealkylation sites (tertiary alicyclic amines) is 1. The van der Waals surface area contributed by atoms with Gasteiger partial charge in [-0.05, 0) is 50.6 Å². The summed E-state index contributed by atoms with van der Waals surface area (Å²) in [5.41, 5.74) is 0.717. The minimum Gasteiger partial charge on any atom is -0.339 e. The lowest BCUT2D eigenvalue weighted by atomic mass is 9.96. The third kappa shape index (κ3) is 4.38. The Morgan fingerprint density at radius 3 is 2.87 bits per heavy atom. The summed E-state index contributed by atoms with van der Waals surface area (Å²) in [5, 5.41) is 6.63. The number of benzene rings is 2. The molecule has 3 aromatic rings. The minimum absolute atomic E-state index is 0.0303. The second-order valence-corrected chi connectivity index (χ2v) is 7.45. The van der Waals surface area contributed by atoms with Crippen molar-refractivity contribution in [1.82, 2.24) is 15.0 Å². The van der Waals surface area contributed by atoms with Crippen LogP contribution in [0.1, 0.15) is 31.6 Å². The fourth-order valence-electron chi connectivity index (χ4n) is 3.67. The zero-order valence-corrected chi connectivity index (χ0v) is 16.5. The molecule has 2 heterocycles. The van der Waals surface area contributed by atoms with Gasteiger partial charge in [-0.2, -0.15) is 4.98 Å². The second-order valence-electron chi connectivity index (χ2n) is 7.45. The van der Waals surface area contributed by atoms with E-state index in [0.717, 1.165) is 19.4 Å². The minimum atomic E-state index is -0.467. The SMILES string of the molecule is CC(C(=O)Nc1ccccc1F)N1CCCC(c2nc(-c3cccc(F)c3)no2)C1. The molecule has 6 nitrogen and oxygen atoms in total. The van der Waals surface area contributed by atoms with Crippen LogP contribution in [0.3, 0.4) is 0 Å². The number of anilines is 1. The highest BCUT2D eigenvalue weighted by Crippen LogP contribution is 2.29. The molecule has 30 heavy (non-hydrogen) atoms. The predicted octanol–water partition coefficient (Wildman–Crippen LogP) is 4.22. The van der Waals surface area contributed by atoms with E-state index in [9.17, 15) is 13.6 Å². The molecule has 1 N–H and O–H groups in total. The molecule has 156 valence electrons. The molecule has 2 aromatic carbocycles. The van der Waals surface area contributed by atoms with Gasteiger partial charge < -0.3 is 9.84 Å². The van der Waals surface area contributed by atoms with Gasteiger partial charge >= 0.3 is 0 Å². The van der Waals surface area contributed by atoms with Crippen molar-refractivity contribution in [3.05, 3.63) is 66.1 Å². The van der Waals surface area contributed by atoms with E-state index in [1.54, 1.807) is 31.2 Å². The normalized spacial score (nSPS) is 18.2. The van der Waals surface area contributed by atoms with Gasteiger partial charge in [0.05, 0.1) is 17.6 Å². The number of amides is 1. The van der Waals surface area contributed by atoms with Gasteiger partial charge in [0.1, 0.15) is 11.6 Å².